The van der Waals surface area contributed by atoms with E-state index >= 15 is 0 Å². The Balaban J connectivity index is 2.16. The van der Waals surface area contributed by atoms with Crippen molar-refractivity contribution in [3.8, 4) is 0 Å². The summed E-state index contributed by atoms with van der Waals surface area (Å²) in [5.41, 5.74) is -1.07. The average Bonchev–Trinajstić information content (AvgIpc) is 2.58. The highest BCUT2D eigenvalue weighted by Crippen LogP contribution is 2.18. The molecule has 88 valence electrons. The van der Waals surface area contributed by atoms with Gasteiger partial charge < -0.3 is 14.8 Å². The number of hydrogen-bond donors (Lipinski definition) is 2. The lowest BCUT2D eigenvalue weighted by atomic mass is 10.0. The fourth-order valence-electron chi connectivity index (χ4n) is 1.99. The van der Waals surface area contributed by atoms with Gasteiger partial charge in [0.25, 0.3) is 0 Å². The number of fused-ring (bicyclic) bond motifs is 1. The Hall–Kier alpha value is -1.36. The summed E-state index contributed by atoms with van der Waals surface area (Å²) < 4.78 is 2.05. The van der Waals surface area contributed by atoms with Gasteiger partial charge in [-0.1, -0.05) is 0 Å². The van der Waals surface area contributed by atoms with Crippen LogP contribution in [-0.2, 0) is 24.2 Å². The van der Waals surface area contributed by atoms with E-state index in [1.807, 2.05) is 6.20 Å². The lowest BCUT2D eigenvalue weighted by Crippen LogP contribution is -2.37. The highest BCUT2D eigenvalue weighted by Gasteiger charge is 2.31. The Kier molecular flexibility index (Phi) is 2.71. The molecule has 5 nitrogen and oxygen atoms in total. The molecule has 5 heteroatoms. The molecule has 0 fully saturated rings. The minimum Gasteiger partial charge on any atom is -0.479 e. The first-order chi connectivity index (χ1) is 7.49. The maximum absolute atomic E-state index is 10.8. The van der Waals surface area contributed by atoms with E-state index < -0.39 is 11.6 Å². The molecule has 1 unspecified atom stereocenters. The molecule has 2 N–H and O–H groups in total. The second-order valence-electron chi connectivity index (χ2n) is 4.55. The minimum absolute atomic E-state index is 0.0579. The fourth-order valence-corrected chi connectivity index (χ4v) is 1.99. The Morgan fingerprint density at radius 3 is 3.00 bits per heavy atom. The van der Waals surface area contributed by atoms with Crippen LogP contribution >= 0.6 is 0 Å². The van der Waals surface area contributed by atoms with Gasteiger partial charge in [-0.25, -0.2) is 9.78 Å². The van der Waals surface area contributed by atoms with Gasteiger partial charge in [-0.15, -0.1) is 0 Å². The third-order valence-corrected chi connectivity index (χ3v) is 2.94. The van der Waals surface area contributed by atoms with Crippen molar-refractivity contribution in [2.45, 2.75) is 44.8 Å². The monoisotopic (exact) mass is 224 g/mol. The van der Waals surface area contributed by atoms with Gasteiger partial charge in [-0.05, 0) is 19.8 Å². The first-order valence-electron chi connectivity index (χ1n) is 5.50. The highest BCUT2D eigenvalue weighted by atomic mass is 16.4. The number of carbonyl (C=O) groups is 1. The third kappa shape index (κ3) is 2.09. The van der Waals surface area contributed by atoms with Crippen molar-refractivity contribution in [3.05, 3.63) is 17.7 Å². The van der Waals surface area contributed by atoms with E-state index in [1.54, 1.807) is 0 Å². The summed E-state index contributed by atoms with van der Waals surface area (Å²) in [6.45, 7) is 2.24. The zero-order valence-corrected chi connectivity index (χ0v) is 9.31. The molecule has 0 aromatic carbocycles. The molecular weight excluding hydrogens is 208 g/mol. The second-order valence-corrected chi connectivity index (χ2v) is 4.55. The molecule has 2 heterocycles. The van der Waals surface area contributed by atoms with Crippen LogP contribution in [-0.4, -0.2) is 31.3 Å². The van der Waals surface area contributed by atoms with Crippen LogP contribution in [0, 0.1) is 0 Å². The molecule has 2 rings (SSSR count). The lowest BCUT2D eigenvalue weighted by molar-refractivity contribution is -0.156. The lowest BCUT2D eigenvalue weighted by Gasteiger charge is -2.15. The van der Waals surface area contributed by atoms with E-state index in [9.17, 15) is 9.90 Å². The molecule has 1 aliphatic heterocycles. The zero-order valence-electron chi connectivity index (χ0n) is 9.31. The fraction of sp³-hybridized carbons (Fsp3) is 0.636. The number of aryl methyl sites for hydroxylation is 2. The van der Waals surface area contributed by atoms with Gasteiger partial charge in [0.15, 0.2) is 5.60 Å². The number of imidazole rings is 1. The topological polar surface area (TPSA) is 75.3 Å². The smallest absolute Gasteiger partial charge is 0.335 e. The Morgan fingerprint density at radius 2 is 2.38 bits per heavy atom. The predicted octanol–water partition coefficient (Wildman–Crippen LogP) is 0.598. The quantitative estimate of drug-likeness (QED) is 0.788. The van der Waals surface area contributed by atoms with E-state index in [4.69, 9.17) is 5.11 Å². The predicted molar refractivity (Wildman–Crippen MR) is 57.1 cm³/mol. The number of aliphatic carboxylic acids is 1. The van der Waals surface area contributed by atoms with Gasteiger partial charge in [-0.2, -0.15) is 0 Å². The van der Waals surface area contributed by atoms with Crippen LogP contribution in [0.1, 0.15) is 31.3 Å². The molecule has 0 spiro atoms. The number of carboxylic acids is 1. The van der Waals surface area contributed by atoms with Crippen molar-refractivity contribution in [2.24, 2.45) is 0 Å². The summed E-state index contributed by atoms with van der Waals surface area (Å²) in [6.07, 6.45) is 5.12. The van der Waals surface area contributed by atoms with Crippen LogP contribution in [0.3, 0.4) is 0 Å². The number of aliphatic hydroxyl groups is 1. The highest BCUT2D eigenvalue weighted by molar-refractivity contribution is 5.76. The molecule has 0 saturated heterocycles. The maximum atomic E-state index is 10.8. The van der Waals surface area contributed by atoms with Crippen molar-refractivity contribution < 1.29 is 15.0 Å². The first-order valence-corrected chi connectivity index (χ1v) is 5.50. The van der Waals surface area contributed by atoms with Crippen molar-refractivity contribution in [1.29, 1.82) is 0 Å². The van der Waals surface area contributed by atoms with Crippen molar-refractivity contribution >= 4 is 5.97 Å². The van der Waals surface area contributed by atoms with E-state index in [1.165, 1.54) is 6.92 Å². The van der Waals surface area contributed by atoms with Gasteiger partial charge in [-0.3, -0.25) is 0 Å². The number of hydrogen-bond acceptors (Lipinski definition) is 3. The van der Waals surface area contributed by atoms with Crippen molar-refractivity contribution in [1.82, 2.24) is 9.55 Å². The summed E-state index contributed by atoms with van der Waals surface area (Å²) in [6, 6.07) is 0. The molecule has 1 aromatic rings. The summed E-state index contributed by atoms with van der Waals surface area (Å²) >= 11 is 0. The number of rotatable bonds is 3. The van der Waals surface area contributed by atoms with E-state index in [0.29, 0.717) is 5.69 Å². The zero-order chi connectivity index (χ0) is 11.8. The van der Waals surface area contributed by atoms with Crippen LogP contribution in [0.15, 0.2) is 6.20 Å². The van der Waals surface area contributed by atoms with Crippen LogP contribution in [0.2, 0.25) is 0 Å². The Labute approximate surface area is 93.7 Å². The SMILES string of the molecule is CC(O)(Cc1cn2c(n1)CCCC2)C(=O)O. The van der Waals surface area contributed by atoms with Crippen LogP contribution in [0.4, 0.5) is 0 Å². The molecular formula is C11H16N2O3. The molecule has 0 radical (unpaired) electrons. The van der Waals surface area contributed by atoms with Gasteiger partial charge in [0.1, 0.15) is 5.82 Å². The average molecular weight is 224 g/mol. The number of nitrogens with zero attached hydrogens (tertiary/aromatic N) is 2. The van der Waals surface area contributed by atoms with E-state index in [2.05, 4.69) is 9.55 Å². The van der Waals surface area contributed by atoms with Crippen LogP contribution in [0.5, 0.6) is 0 Å². The van der Waals surface area contributed by atoms with Crippen molar-refractivity contribution in [3.63, 3.8) is 0 Å². The largest absolute Gasteiger partial charge is 0.479 e. The molecule has 0 amide bonds. The first kappa shape index (κ1) is 11.1. The van der Waals surface area contributed by atoms with Crippen LogP contribution < -0.4 is 0 Å². The van der Waals surface area contributed by atoms with Gasteiger partial charge in [0.2, 0.25) is 0 Å². The number of aromatic nitrogens is 2. The maximum Gasteiger partial charge on any atom is 0.335 e. The summed E-state index contributed by atoms with van der Waals surface area (Å²) in [4.78, 5) is 15.1. The van der Waals surface area contributed by atoms with Gasteiger partial charge in [0, 0.05) is 25.6 Å². The van der Waals surface area contributed by atoms with Crippen molar-refractivity contribution in [2.75, 3.05) is 0 Å². The summed E-state index contributed by atoms with van der Waals surface area (Å²) in [5, 5.41) is 18.5. The molecule has 1 aromatic heterocycles. The summed E-state index contributed by atoms with van der Waals surface area (Å²) in [7, 11) is 0. The molecule has 0 bridgehead atoms. The molecule has 1 atom stereocenters. The van der Waals surface area contributed by atoms with Gasteiger partial charge >= 0.3 is 5.97 Å². The Bertz CT molecular complexity index is 386. The standard InChI is InChI=1S/C11H16N2O3/c1-11(16,10(14)15)6-8-7-13-5-3-2-4-9(13)12-8/h7,16H,2-6H2,1H3,(H,14,15). The minimum atomic E-state index is -1.73. The molecule has 1 aliphatic rings. The van der Waals surface area contributed by atoms with Crippen LogP contribution in [0.25, 0.3) is 0 Å². The molecule has 0 aliphatic carbocycles. The number of carboxylic acid groups (broad SMARTS) is 1. The van der Waals surface area contributed by atoms with Gasteiger partial charge in [0.05, 0.1) is 5.69 Å². The summed E-state index contributed by atoms with van der Waals surface area (Å²) in [5.74, 6) is -0.207. The Morgan fingerprint density at radius 1 is 1.62 bits per heavy atom. The van der Waals surface area contributed by atoms with E-state index in [-0.39, 0.29) is 6.42 Å². The molecule has 16 heavy (non-hydrogen) atoms. The van der Waals surface area contributed by atoms with E-state index in [0.717, 1.165) is 31.6 Å². The third-order valence-electron chi connectivity index (χ3n) is 2.94. The molecule has 0 saturated carbocycles. The second kappa shape index (κ2) is 3.90. The normalized spacial score (nSPS) is 18.9.